The number of halogens is 6. The molecule has 0 aromatic heterocycles. The fourth-order valence-corrected chi connectivity index (χ4v) is 1.97. The van der Waals surface area contributed by atoms with Crippen molar-refractivity contribution in [3.05, 3.63) is 0 Å². The molecule has 0 aliphatic carbocycles. The molecule has 0 aromatic carbocycles. The monoisotopic (exact) mass is 589 g/mol. The third-order valence-corrected chi connectivity index (χ3v) is 4.48. The molecule has 0 bridgehead atoms. The van der Waals surface area contributed by atoms with E-state index in [4.69, 9.17) is 17.7 Å². The van der Waals surface area contributed by atoms with Gasteiger partial charge in [-0.1, -0.05) is 0 Å². The summed E-state index contributed by atoms with van der Waals surface area (Å²) >= 11 is 0. The van der Waals surface area contributed by atoms with E-state index in [1.165, 1.54) is 9.80 Å². The second-order valence-electron chi connectivity index (χ2n) is 6.99. The molecule has 0 saturated heterocycles. The summed E-state index contributed by atoms with van der Waals surface area (Å²) in [6, 6.07) is 0.0185. The van der Waals surface area contributed by atoms with E-state index < -0.39 is 37.9 Å². The van der Waals surface area contributed by atoms with E-state index >= 15 is 0 Å². The van der Waals surface area contributed by atoms with Crippen molar-refractivity contribution >= 4 is 26.3 Å². The summed E-state index contributed by atoms with van der Waals surface area (Å²) in [5.41, 5.74) is -10.9. The SMILES string of the molecule is CCOC(N(C)C)N(C)C.CCOS(=O)(=O)C(F)(F)F.CN(C)C(=O)N(C)C.O=S(=O)([O-])C(F)(F)F. The van der Waals surface area contributed by atoms with Gasteiger partial charge in [0.15, 0.2) is 16.5 Å². The molecule has 0 fully saturated rings. The summed E-state index contributed by atoms with van der Waals surface area (Å²) in [6.07, 6.45) is 0.102. The fraction of sp³-hybridized carbons (Fsp3) is 0.938. The van der Waals surface area contributed by atoms with Crippen molar-refractivity contribution < 1.29 is 61.4 Å². The maximum Gasteiger partial charge on any atom is 0.523 e. The molecule has 0 aliphatic heterocycles. The molecule has 0 N–H and O–H groups in total. The highest BCUT2D eigenvalue weighted by atomic mass is 32.2. The molecule has 0 atom stereocenters. The number of urea groups is 1. The largest absolute Gasteiger partial charge is 0.741 e. The standard InChI is InChI=1S/C7H18N2O.C5H12N2O.C3H5F3O3S.CHF3O3S/c1-6-10-7(8(2)3)9(4)5;1-6(2)5(8)7(3)4;1-2-9-10(7,8)3(4,5)6;2-1(3,4)8(5,6)7/h7H,6H2,1-5H3;1-4H3;2H2,1H3;(H,5,6,7)/p-1. The molecular formula is C16H35F6N4O8S2-. The molecule has 20 heteroatoms. The first-order valence-corrected chi connectivity index (χ1v) is 12.3. The van der Waals surface area contributed by atoms with Crippen molar-refractivity contribution in [1.82, 2.24) is 19.6 Å². The molecule has 0 aromatic rings. The Bertz CT molecular complexity index is 784. The third-order valence-electron chi connectivity index (χ3n) is 2.80. The molecule has 0 spiro atoms. The van der Waals surface area contributed by atoms with E-state index in [1.54, 1.807) is 28.2 Å². The van der Waals surface area contributed by atoms with Crippen LogP contribution in [-0.2, 0) is 29.2 Å². The molecule has 222 valence electrons. The number of alkyl halides is 6. The van der Waals surface area contributed by atoms with Crippen LogP contribution in [0.25, 0.3) is 0 Å². The van der Waals surface area contributed by atoms with Gasteiger partial charge in [-0.15, -0.1) is 0 Å². The van der Waals surface area contributed by atoms with Gasteiger partial charge in [-0.2, -0.15) is 34.8 Å². The molecule has 12 nitrogen and oxygen atoms in total. The molecule has 0 saturated carbocycles. The summed E-state index contributed by atoms with van der Waals surface area (Å²) in [6.45, 7) is 3.40. The van der Waals surface area contributed by atoms with Crippen molar-refractivity contribution in [2.75, 3.05) is 69.6 Å². The van der Waals surface area contributed by atoms with Crippen LogP contribution in [0.5, 0.6) is 0 Å². The average Bonchev–Trinajstić information content (AvgIpc) is 2.63. The van der Waals surface area contributed by atoms with Crippen LogP contribution >= 0.6 is 0 Å². The summed E-state index contributed by atoms with van der Waals surface area (Å²) < 4.78 is 121. The van der Waals surface area contributed by atoms with Crippen LogP contribution in [0.3, 0.4) is 0 Å². The van der Waals surface area contributed by atoms with Crippen molar-refractivity contribution in [1.29, 1.82) is 0 Å². The van der Waals surface area contributed by atoms with E-state index in [-0.39, 0.29) is 12.4 Å². The van der Waals surface area contributed by atoms with Crippen LogP contribution < -0.4 is 0 Å². The Labute approximate surface area is 208 Å². The maximum absolute atomic E-state index is 11.3. The first kappa shape index (κ1) is 41.7. The number of rotatable bonds is 6. The van der Waals surface area contributed by atoms with Gasteiger partial charge >= 0.3 is 27.2 Å². The first-order chi connectivity index (χ1) is 15.7. The lowest BCUT2D eigenvalue weighted by molar-refractivity contribution is -0.114. The van der Waals surface area contributed by atoms with Gasteiger partial charge in [0.05, 0.1) is 6.61 Å². The topological polar surface area (TPSA) is 140 Å². The van der Waals surface area contributed by atoms with Gasteiger partial charge in [-0.05, 0) is 42.0 Å². The zero-order valence-electron chi connectivity index (χ0n) is 21.6. The highest BCUT2D eigenvalue weighted by molar-refractivity contribution is 7.87. The Balaban J connectivity index is -0.000000191. The number of ether oxygens (including phenoxy) is 1. The van der Waals surface area contributed by atoms with Crippen molar-refractivity contribution in [3.63, 3.8) is 0 Å². The molecule has 0 aliphatic rings. The number of nitrogens with zero attached hydrogens (tertiary/aromatic N) is 4. The Morgan fingerprint density at radius 1 is 0.750 bits per heavy atom. The zero-order valence-corrected chi connectivity index (χ0v) is 23.3. The van der Waals surface area contributed by atoms with E-state index in [0.717, 1.165) is 13.5 Å². The molecule has 36 heavy (non-hydrogen) atoms. The van der Waals surface area contributed by atoms with Gasteiger partial charge < -0.3 is 19.1 Å². The molecule has 0 unspecified atom stereocenters. The van der Waals surface area contributed by atoms with Crippen LogP contribution in [0.1, 0.15) is 13.8 Å². The lowest BCUT2D eigenvalue weighted by atomic mass is 10.7. The number of carbonyl (C=O) groups excluding carboxylic acids is 1. The number of hydrogen-bond donors (Lipinski definition) is 0. The predicted octanol–water partition coefficient (Wildman–Crippen LogP) is 1.58. The van der Waals surface area contributed by atoms with Crippen LogP contribution in [0, 0.1) is 0 Å². The van der Waals surface area contributed by atoms with Crippen LogP contribution in [0.4, 0.5) is 31.1 Å². The fourth-order valence-electron chi connectivity index (χ4n) is 1.53. The Morgan fingerprint density at radius 2 is 1.06 bits per heavy atom. The van der Waals surface area contributed by atoms with Crippen molar-refractivity contribution in [3.8, 4) is 0 Å². The van der Waals surface area contributed by atoms with Crippen molar-refractivity contribution in [2.45, 2.75) is 31.2 Å². The lowest BCUT2D eigenvalue weighted by Crippen LogP contribution is -2.42. The summed E-state index contributed by atoms with van der Waals surface area (Å²) in [5, 5.41) is 0. The van der Waals surface area contributed by atoms with Gasteiger partial charge in [0.2, 0.25) is 0 Å². The van der Waals surface area contributed by atoms with Gasteiger partial charge in [0.25, 0.3) is 0 Å². The molecule has 0 rings (SSSR count). The summed E-state index contributed by atoms with van der Waals surface area (Å²) in [5.74, 6) is 0. The normalized spacial score (nSPS) is 12.1. The summed E-state index contributed by atoms with van der Waals surface area (Å²) in [7, 11) is 3.46. The second-order valence-corrected chi connectivity index (χ2v) is 9.96. The molecule has 0 radical (unpaired) electrons. The van der Waals surface area contributed by atoms with E-state index in [2.05, 4.69) is 4.18 Å². The minimum Gasteiger partial charge on any atom is -0.741 e. The molecule has 0 heterocycles. The number of carbonyl (C=O) groups is 1. The van der Waals surface area contributed by atoms with Crippen molar-refractivity contribution in [2.24, 2.45) is 0 Å². The maximum atomic E-state index is 11.3. The Kier molecular flexibility index (Phi) is 20.7. The van der Waals surface area contributed by atoms with Crippen LogP contribution in [0.2, 0.25) is 0 Å². The van der Waals surface area contributed by atoms with Gasteiger partial charge in [0.1, 0.15) is 0 Å². The quantitative estimate of drug-likeness (QED) is 0.148. The zero-order chi connectivity index (χ0) is 30.3. The van der Waals surface area contributed by atoms with Gasteiger partial charge in [-0.3, -0.25) is 14.0 Å². The third kappa shape index (κ3) is 20.7. The average molecular weight is 590 g/mol. The van der Waals surface area contributed by atoms with Crippen LogP contribution in [0.15, 0.2) is 0 Å². The number of amides is 2. The highest BCUT2D eigenvalue weighted by Crippen LogP contribution is 2.24. The molecular weight excluding hydrogens is 554 g/mol. The smallest absolute Gasteiger partial charge is 0.523 e. The second kappa shape index (κ2) is 17.9. The molecule has 2 amide bonds. The Hall–Kier alpha value is -1.45. The minimum atomic E-state index is -6.09. The Morgan fingerprint density at radius 3 is 1.11 bits per heavy atom. The van der Waals surface area contributed by atoms with E-state index in [0.29, 0.717) is 0 Å². The van der Waals surface area contributed by atoms with Gasteiger partial charge in [-0.25, -0.2) is 13.2 Å². The lowest BCUT2D eigenvalue weighted by Gasteiger charge is -2.29. The minimum absolute atomic E-state index is 0.0185. The van der Waals surface area contributed by atoms with Gasteiger partial charge in [0, 0.05) is 34.8 Å². The van der Waals surface area contributed by atoms with E-state index in [9.17, 15) is 39.6 Å². The highest BCUT2D eigenvalue weighted by Gasteiger charge is 2.46. The number of hydrogen-bond acceptors (Lipinski definition) is 10. The first-order valence-electron chi connectivity index (χ1n) is 9.51. The van der Waals surface area contributed by atoms with E-state index in [1.807, 2.05) is 44.9 Å². The predicted molar refractivity (Wildman–Crippen MR) is 118 cm³/mol. The van der Waals surface area contributed by atoms with Crippen LogP contribution in [-0.4, -0.2) is 134 Å². The summed E-state index contributed by atoms with van der Waals surface area (Å²) in [4.78, 5) is 17.8.